The first-order chi connectivity index (χ1) is 10.3. The number of nitrogens with zero attached hydrogens (tertiary/aromatic N) is 1. The molecule has 0 spiro atoms. The summed E-state index contributed by atoms with van der Waals surface area (Å²) in [5.41, 5.74) is 0.242. The monoisotopic (exact) mass is 305 g/mol. The molecular formula is C17H23NO4. The Morgan fingerprint density at radius 3 is 2.45 bits per heavy atom. The predicted molar refractivity (Wildman–Crippen MR) is 82.7 cm³/mol. The fourth-order valence-electron chi connectivity index (χ4n) is 2.83. The molecule has 22 heavy (non-hydrogen) atoms. The van der Waals surface area contributed by atoms with E-state index in [1.54, 1.807) is 4.90 Å². The summed E-state index contributed by atoms with van der Waals surface area (Å²) in [4.78, 5) is 25.4. The Morgan fingerprint density at radius 1 is 1.27 bits per heavy atom. The highest BCUT2D eigenvalue weighted by Gasteiger charge is 2.37. The zero-order chi connectivity index (χ0) is 16.3. The van der Waals surface area contributed by atoms with Crippen molar-refractivity contribution in [2.45, 2.75) is 38.7 Å². The average molecular weight is 305 g/mol. The van der Waals surface area contributed by atoms with Gasteiger partial charge in [-0.05, 0) is 38.7 Å². The maximum absolute atomic E-state index is 12.1. The van der Waals surface area contributed by atoms with Gasteiger partial charge in [0.2, 0.25) is 0 Å². The van der Waals surface area contributed by atoms with Gasteiger partial charge in [-0.2, -0.15) is 0 Å². The number of carbonyl (C=O) groups excluding carboxylic acids is 1. The lowest BCUT2D eigenvalue weighted by Crippen LogP contribution is -2.36. The second-order valence-corrected chi connectivity index (χ2v) is 6.70. The Labute approximate surface area is 130 Å². The molecule has 1 saturated heterocycles. The molecule has 1 N–H and O–H groups in total. The highest BCUT2D eigenvalue weighted by molar-refractivity contribution is 5.77. The zero-order valence-corrected chi connectivity index (χ0v) is 13.3. The van der Waals surface area contributed by atoms with Gasteiger partial charge >= 0.3 is 12.1 Å². The van der Waals surface area contributed by atoms with Crippen LogP contribution < -0.4 is 0 Å². The summed E-state index contributed by atoms with van der Waals surface area (Å²) < 4.78 is 5.36. The maximum atomic E-state index is 12.1. The molecule has 0 radical (unpaired) electrons. The quantitative estimate of drug-likeness (QED) is 0.931. The van der Waals surface area contributed by atoms with Crippen molar-refractivity contribution in [1.29, 1.82) is 0 Å². The Bertz CT molecular complexity index is 535. The fraction of sp³-hybridized carbons (Fsp3) is 0.529. The van der Waals surface area contributed by atoms with Crippen LogP contribution >= 0.6 is 0 Å². The van der Waals surface area contributed by atoms with E-state index in [0.717, 1.165) is 5.56 Å². The molecule has 120 valence electrons. The number of hydrogen-bond donors (Lipinski definition) is 1. The highest BCUT2D eigenvalue weighted by Crippen LogP contribution is 2.33. The molecule has 2 unspecified atom stereocenters. The first-order valence-electron chi connectivity index (χ1n) is 7.53. The SMILES string of the molecule is CC(C)(C)OC(=O)N1CCC(C(C(=O)O)c2ccccc2)C1. The Morgan fingerprint density at radius 2 is 1.91 bits per heavy atom. The molecule has 1 heterocycles. The minimum atomic E-state index is -0.845. The third kappa shape index (κ3) is 4.00. The second kappa shape index (κ2) is 6.38. The topological polar surface area (TPSA) is 66.8 Å². The molecule has 1 aliphatic rings. The van der Waals surface area contributed by atoms with E-state index >= 15 is 0 Å². The number of ether oxygens (including phenoxy) is 1. The van der Waals surface area contributed by atoms with Crippen LogP contribution in [0.5, 0.6) is 0 Å². The van der Waals surface area contributed by atoms with E-state index in [-0.39, 0.29) is 12.0 Å². The van der Waals surface area contributed by atoms with Crippen molar-refractivity contribution in [3.63, 3.8) is 0 Å². The van der Waals surface area contributed by atoms with E-state index in [0.29, 0.717) is 19.5 Å². The number of benzene rings is 1. The Balaban J connectivity index is 2.07. The van der Waals surface area contributed by atoms with Gasteiger partial charge in [0, 0.05) is 13.1 Å². The predicted octanol–water partition coefficient (Wildman–Crippen LogP) is 3.11. The van der Waals surface area contributed by atoms with E-state index in [4.69, 9.17) is 4.74 Å². The lowest BCUT2D eigenvalue weighted by atomic mass is 9.85. The maximum Gasteiger partial charge on any atom is 0.410 e. The first-order valence-corrected chi connectivity index (χ1v) is 7.53. The van der Waals surface area contributed by atoms with Crippen LogP contribution in [-0.4, -0.2) is 40.8 Å². The fourth-order valence-corrected chi connectivity index (χ4v) is 2.83. The van der Waals surface area contributed by atoms with Crippen molar-refractivity contribution < 1.29 is 19.4 Å². The number of rotatable bonds is 3. The van der Waals surface area contributed by atoms with E-state index < -0.39 is 17.5 Å². The minimum absolute atomic E-state index is 0.0904. The van der Waals surface area contributed by atoms with Crippen LogP contribution in [0.15, 0.2) is 30.3 Å². The second-order valence-electron chi connectivity index (χ2n) is 6.70. The van der Waals surface area contributed by atoms with Gasteiger partial charge < -0.3 is 14.7 Å². The number of aliphatic carboxylic acids is 1. The van der Waals surface area contributed by atoms with Crippen LogP contribution in [0.3, 0.4) is 0 Å². The van der Waals surface area contributed by atoms with Gasteiger partial charge in [-0.25, -0.2) is 4.79 Å². The number of carboxylic acids is 1. The molecule has 0 aliphatic carbocycles. The van der Waals surface area contributed by atoms with Gasteiger partial charge in [0.15, 0.2) is 0 Å². The summed E-state index contributed by atoms with van der Waals surface area (Å²) in [7, 11) is 0. The van der Waals surface area contributed by atoms with Crippen molar-refractivity contribution in [1.82, 2.24) is 4.90 Å². The molecule has 1 aliphatic heterocycles. The Hall–Kier alpha value is -2.04. The smallest absolute Gasteiger partial charge is 0.410 e. The summed E-state index contributed by atoms with van der Waals surface area (Å²) in [5.74, 6) is -1.52. The van der Waals surface area contributed by atoms with Crippen LogP contribution in [0, 0.1) is 5.92 Å². The van der Waals surface area contributed by atoms with Crippen LogP contribution in [0.4, 0.5) is 4.79 Å². The van der Waals surface area contributed by atoms with Gasteiger partial charge in [-0.1, -0.05) is 30.3 Å². The lowest BCUT2D eigenvalue weighted by molar-refractivity contribution is -0.140. The van der Waals surface area contributed by atoms with Gasteiger partial charge in [-0.3, -0.25) is 4.79 Å². The first kappa shape index (κ1) is 16.3. The molecule has 0 aromatic heterocycles. The molecule has 1 aromatic carbocycles. The summed E-state index contributed by atoms with van der Waals surface area (Å²) in [5, 5.41) is 9.56. The van der Waals surface area contributed by atoms with Crippen LogP contribution in [0.1, 0.15) is 38.7 Å². The Kier molecular flexibility index (Phi) is 4.74. The lowest BCUT2D eigenvalue weighted by Gasteiger charge is -2.25. The van der Waals surface area contributed by atoms with Gasteiger partial charge in [0.25, 0.3) is 0 Å². The van der Waals surface area contributed by atoms with Crippen molar-refractivity contribution in [2.24, 2.45) is 5.92 Å². The normalized spacial score (nSPS) is 19.8. The van der Waals surface area contributed by atoms with Crippen molar-refractivity contribution >= 4 is 12.1 Å². The largest absolute Gasteiger partial charge is 0.481 e. The average Bonchev–Trinajstić information content (AvgIpc) is 2.87. The van der Waals surface area contributed by atoms with Gasteiger partial charge in [0.1, 0.15) is 5.60 Å². The molecule has 0 bridgehead atoms. The summed E-state index contributed by atoms with van der Waals surface area (Å²) in [6.45, 7) is 6.42. The van der Waals surface area contributed by atoms with E-state index in [9.17, 15) is 14.7 Å². The standard InChI is InChI=1S/C17H23NO4/c1-17(2,3)22-16(21)18-10-9-13(11-18)14(15(19)20)12-7-5-4-6-8-12/h4-8,13-14H,9-11H2,1-3H3,(H,19,20). The number of carbonyl (C=O) groups is 2. The number of amides is 1. The molecule has 1 amide bonds. The third-order valence-corrected chi connectivity index (χ3v) is 3.77. The summed E-state index contributed by atoms with van der Waals surface area (Å²) >= 11 is 0. The van der Waals surface area contributed by atoms with Gasteiger partial charge in [-0.15, -0.1) is 0 Å². The molecule has 2 atom stereocenters. The number of hydrogen-bond acceptors (Lipinski definition) is 3. The van der Waals surface area contributed by atoms with Crippen molar-refractivity contribution in [2.75, 3.05) is 13.1 Å². The van der Waals surface area contributed by atoms with Crippen LogP contribution in [0.25, 0.3) is 0 Å². The molecule has 1 aromatic rings. The van der Waals surface area contributed by atoms with E-state index in [1.807, 2.05) is 51.1 Å². The highest BCUT2D eigenvalue weighted by atomic mass is 16.6. The summed E-state index contributed by atoms with van der Waals surface area (Å²) in [6, 6.07) is 9.20. The van der Waals surface area contributed by atoms with E-state index in [1.165, 1.54) is 0 Å². The molecule has 5 heteroatoms. The van der Waals surface area contributed by atoms with Crippen LogP contribution in [-0.2, 0) is 9.53 Å². The van der Waals surface area contributed by atoms with Crippen LogP contribution in [0.2, 0.25) is 0 Å². The summed E-state index contributed by atoms with van der Waals surface area (Å²) in [6.07, 6.45) is 0.303. The molecule has 0 saturated carbocycles. The molecule has 1 fully saturated rings. The van der Waals surface area contributed by atoms with Gasteiger partial charge in [0.05, 0.1) is 5.92 Å². The molecular weight excluding hydrogens is 282 g/mol. The third-order valence-electron chi connectivity index (χ3n) is 3.77. The number of carboxylic acid groups (broad SMARTS) is 1. The van der Waals surface area contributed by atoms with Crippen molar-refractivity contribution in [3.8, 4) is 0 Å². The zero-order valence-electron chi connectivity index (χ0n) is 13.3. The molecule has 5 nitrogen and oxygen atoms in total. The van der Waals surface area contributed by atoms with E-state index in [2.05, 4.69) is 0 Å². The number of likely N-dealkylation sites (tertiary alicyclic amines) is 1. The molecule has 2 rings (SSSR count). The van der Waals surface area contributed by atoms with Crippen molar-refractivity contribution in [3.05, 3.63) is 35.9 Å². The minimum Gasteiger partial charge on any atom is -0.481 e.